The third-order valence-electron chi connectivity index (χ3n) is 6.93. The molecule has 1 fully saturated rings. The molecule has 0 spiro atoms. The van der Waals surface area contributed by atoms with Gasteiger partial charge in [-0.2, -0.15) is 0 Å². The van der Waals surface area contributed by atoms with Crippen molar-refractivity contribution in [1.29, 1.82) is 0 Å². The molecule has 3 heteroatoms. The number of ketones is 1. The molecule has 0 amide bonds. The Bertz CT molecular complexity index is 984. The first-order valence-electron chi connectivity index (χ1n) is 10.1. The van der Waals surface area contributed by atoms with Gasteiger partial charge in [0.15, 0.2) is 5.78 Å². The Balaban J connectivity index is 1.51. The maximum Gasteiger partial charge on any atom is 0.169 e. The monoisotopic (exact) mass is 375 g/mol. The minimum atomic E-state index is 0.0477. The van der Waals surface area contributed by atoms with Gasteiger partial charge in [0.05, 0.1) is 13.2 Å². The Morgan fingerprint density at radius 3 is 2.29 bits per heavy atom. The summed E-state index contributed by atoms with van der Waals surface area (Å²) in [5.74, 6) is 0.351. The molecule has 146 valence electrons. The Morgan fingerprint density at radius 1 is 0.964 bits per heavy atom. The van der Waals surface area contributed by atoms with E-state index in [1.54, 1.807) is 0 Å². The van der Waals surface area contributed by atoms with Crippen LogP contribution in [0.3, 0.4) is 0 Å². The summed E-state index contributed by atoms with van der Waals surface area (Å²) in [6, 6.07) is 18.4. The summed E-state index contributed by atoms with van der Waals surface area (Å²) < 4.78 is 8.03. The minimum Gasteiger partial charge on any atom is -0.375 e. The van der Waals surface area contributed by atoms with Crippen molar-refractivity contribution < 1.29 is 9.53 Å². The second-order valence-corrected chi connectivity index (χ2v) is 9.03. The highest BCUT2D eigenvalue weighted by atomic mass is 16.5. The van der Waals surface area contributed by atoms with E-state index in [9.17, 15) is 4.79 Å². The first-order chi connectivity index (χ1) is 13.3. The third kappa shape index (κ3) is 3.08. The van der Waals surface area contributed by atoms with Crippen molar-refractivity contribution in [2.75, 3.05) is 6.61 Å². The summed E-state index contributed by atoms with van der Waals surface area (Å²) in [5.41, 5.74) is 3.22. The molecule has 1 heterocycles. The highest BCUT2D eigenvalue weighted by molar-refractivity contribution is 6.11. The van der Waals surface area contributed by atoms with Crippen molar-refractivity contribution in [2.24, 2.45) is 16.7 Å². The molecule has 0 bridgehead atoms. The van der Waals surface area contributed by atoms with Crippen LogP contribution in [0.2, 0.25) is 0 Å². The van der Waals surface area contributed by atoms with Gasteiger partial charge in [-0.05, 0) is 22.5 Å². The van der Waals surface area contributed by atoms with Gasteiger partial charge in [0.2, 0.25) is 0 Å². The van der Waals surface area contributed by atoms with Gasteiger partial charge in [0, 0.05) is 35.1 Å². The number of aromatic nitrogens is 1. The maximum absolute atomic E-state index is 13.3. The van der Waals surface area contributed by atoms with Crippen LogP contribution in [0.25, 0.3) is 10.9 Å². The SMILES string of the molecule is CC1(C)C(C(=O)c2cn(CCOCc3ccccc3)c3ccccc23)C1(C)C. The van der Waals surface area contributed by atoms with E-state index in [1.165, 1.54) is 5.56 Å². The molecule has 28 heavy (non-hydrogen) atoms. The van der Waals surface area contributed by atoms with Crippen LogP contribution in [0.5, 0.6) is 0 Å². The normalized spacial score (nSPS) is 17.7. The lowest BCUT2D eigenvalue weighted by atomic mass is 10.0. The summed E-state index contributed by atoms with van der Waals surface area (Å²) in [7, 11) is 0. The van der Waals surface area contributed by atoms with Gasteiger partial charge in [0.25, 0.3) is 0 Å². The van der Waals surface area contributed by atoms with Gasteiger partial charge in [-0.15, -0.1) is 0 Å². The fourth-order valence-corrected chi connectivity index (χ4v) is 4.56. The molecule has 1 aliphatic carbocycles. The second kappa shape index (κ2) is 6.89. The average molecular weight is 376 g/mol. The van der Waals surface area contributed by atoms with Gasteiger partial charge < -0.3 is 9.30 Å². The molecule has 0 radical (unpaired) electrons. The van der Waals surface area contributed by atoms with Crippen LogP contribution >= 0.6 is 0 Å². The first-order valence-corrected chi connectivity index (χ1v) is 10.1. The van der Waals surface area contributed by atoms with Gasteiger partial charge >= 0.3 is 0 Å². The molecule has 0 aliphatic heterocycles. The van der Waals surface area contributed by atoms with Gasteiger partial charge in [-0.1, -0.05) is 76.2 Å². The van der Waals surface area contributed by atoms with Crippen molar-refractivity contribution in [3.63, 3.8) is 0 Å². The number of ether oxygens (including phenoxy) is 1. The zero-order valence-electron chi connectivity index (χ0n) is 17.2. The lowest BCUT2D eigenvalue weighted by Crippen LogP contribution is -2.08. The van der Waals surface area contributed by atoms with Gasteiger partial charge in [-0.25, -0.2) is 0 Å². The summed E-state index contributed by atoms with van der Waals surface area (Å²) >= 11 is 0. The number of carbonyl (C=O) groups excluding carboxylic acids is 1. The largest absolute Gasteiger partial charge is 0.375 e. The minimum absolute atomic E-state index is 0.0477. The van der Waals surface area contributed by atoms with Crippen LogP contribution in [0.4, 0.5) is 0 Å². The average Bonchev–Trinajstić information content (AvgIpc) is 2.95. The zero-order chi connectivity index (χ0) is 19.9. The van der Waals surface area contributed by atoms with Crippen LogP contribution in [0.15, 0.2) is 60.8 Å². The molecule has 0 atom stereocenters. The van der Waals surface area contributed by atoms with Crippen molar-refractivity contribution >= 4 is 16.7 Å². The molecule has 3 aromatic rings. The number of carbonyl (C=O) groups is 1. The summed E-state index contributed by atoms with van der Waals surface area (Å²) in [4.78, 5) is 13.3. The molecule has 1 saturated carbocycles. The highest BCUT2D eigenvalue weighted by Crippen LogP contribution is 2.69. The van der Waals surface area contributed by atoms with E-state index in [4.69, 9.17) is 4.74 Å². The molecule has 1 aromatic heterocycles. The van der Waals surface area contributed by atoms with E-state index in [-0.39, 0.29) is 22.5 Å². The zero-order valence-corrected chi connectivity index (χ0v) is 17.2. The number of hydrogen-bond donors (Lipinski definition) is 0. The number of fused-ring (bicyclic) bond motifs is 1. The van der Waals surface area contributed by atoms with Gasteiger partial charge in [0.1, 0.15) is 0 Å². The number of rotatable bonds is 7. The van der Waals surface area contributed by atoms with Crippen molar-refractivity contribution in [3.8, 4) is 0 Å². The van der Waals surface area contributed by atoms with Crippen LogP contribution in [-0.4, -0.2) is 17.0 Å². The van der Waals surface area contributed by atoms with Crippen molar-refractivity contribution in [3.05, 3.63) is 71.9 Å². The highest BCUT2D eigenvalue weighted by Gasteiger charge is 2.68. The molecule has 2 aromatic carbocycles. The number of nitrogens with zero attached hydrogens (tertiary/aromatic N) is 1. The molecule has 0 N–H and O–H groups in total. The maximum atomic E-state index is 13.3. The smallest absolute Gasteiger partial charge is 0.169 e. The number of para-hydroxylation sites is 1. The predicted molar refractivity (Wildman–Crippen MR) is 113 cm³/mol. The molecule has 0 unspecified atom stereocenters. The lowest BCUT2D eigenvalue weighted by Gasteiger charge is -2.07. The van der Waals surface area contributed by atoms with E-state index in [2.05, 4.69) is 56.5 Å². The van der Waals surface area contributed by atoms with Crippen LogP contribution < -0.4 is 0 Å². The third-order valence-corrected chi connectivity index (χ3v) is 6.93. The van der Waals surface area contributed by atoms with Crippen LogP contribution in [0, 0.1) is 16.7 Å². The van der Waals surface area contributed by atoms with Crippen LogP contribution in [-0.2, 0) is 17.9 Å². The van der Waals surface area contributed by atoms with Crippen molar-refractivity contribution in [2.45, 2.75) is 40.8 Å². The Morgan fingerprint density at radius 2 is 1.61 bits per heavy atom. The van der Waals surface area contributed by atoms with E-state index in [1.807, 2.05) is 36.5 Å². The van der Waals surface area contributed by atoms with Gasteiger partial charge in [-0.3, -0.25) is 4.79 Å². The lowest BCUT2D eigenvalue weighted by molar-refractivity contribution is 0.0945. The fourth-order valence-electron chi connectivity index (χ4n) is 4.56. The summed E-state index contributed by atoms with van der Waals surface area (Å²) in [6.07, 6.45) is 2.03. The Labute approximate surface area is 167 Å². The topological polar surface area (TPSA) is 31.2 Å². The second-order valence-electron chi connectivity index (χ2n) is 9.03. The first kappa shape index (κ1) is 18.9. The summed E-state index contributed by atoms with van der Waals surface area (Å²) in [5, 5.41) is 1.05. The van der Waals surface area contributed by atoms with E-state index in [0.717, 1.165) is 23.0 Å². The molecule has 4 rings (SSSR count). The van der Waals surface area contributed by atoms with E-state index >= 15 is 0 Å². The fraction of sp³-hybridized carbons (Fsp3) is 0.400. The van der Waals surface area contributed by atoms with Crippen molar-refractivity contribution in [1.82, 2.24) is 4.57 Å². The molecular formula is C25H29NO2. The number of hydrogen-bond acceptors (Lipinski definition) is 2. The molecule has 3 nitrogen and oxygen atoms in total. The number of Topliss-reactive ketones (excluding diaryl/α,β-unsaturated/α-hetero) is 1. The molecular weight excluding hydrogens is 346 g/mol. The quantitative estimate of drug-likeness (QED) is 0.390. The van der Waals surface area contributed by atoms with Crippen LogP contribution in [0.1, 0.15) is 43.6 Å². The summed E-state index contributed by atoms with van der Waals surface area (Å²) in [6.45, 7) is 10.8. The van der Waals surface area contributed by atoms with E-state index < -0.39 is 0 Å². The Kier molecular flexibility index (Phi) is 4.67. The predicted octanol–water partition coefficient (Wildman–Crippen LogP) is 5.72. The van der Waals surface area contributed by atoms with E-state index in [0.29, 0.717) is 13.2 Å². The molecule has 1 aliphatic rings. The number of benzene rings is 2. The standard InChI is InChI=1S/C25H29NO2/c1-24(2)23(25(24,3)4)22(27)20-16-26(21-13-9-8-12-19(20)21)14-15-28-17-18-10-6-5-7-11-18/h5-13,16,23H,14-15,17H2,1-4H3. The molecule has 0 saturated heterocycles. The Hall–Kier alpha value is -2.39.